The van der Waals surface area contributed by atoms with Crippen LogP contribution in [0.1, 0.15) is 0 Å². The predicted molar refractivity (Wildman–Crippen MR) is 84.5 cm³/mol. The molecule has 0 aliphatic rings. The van der Waals surface area contributed by atoms with Crippen molar-refractivity contribution in [3.8, 4) is 22.8 Å². The summed E-state index contributed by atoms with van der Waals surface area (Å²) in [6.07, 6.45) is 0. The molecule has 110 valence electrons. The summed E-state index contributed by atoms with van der Waals surface area (Å²) in [4.78, 5) is 14.6. The number of hydrogen-bond donors (Lipinski definition) is 0. The number of aromatic nitrogens is 2. The van der Waals surface area contributed by atoms with E-state index < -0.39 is 4.92 Å². The molecule has 0 aliphatic carbocycles. The largest absolute Gasteiger partial charge is 0.334 e. The van der Waals surface area contributed by atoms with Crippen LogP contribution in [0.5, 0.6) is 0 Å². The van der Waals surface area contributed by atoms with E-state index >= 15 is 0 Å². The summed E-state index contributed by atoms with van der Waals surface area (Å²) < 4.78 is 6.11. The van der Waals surface area contributed by atoms with Gasteiger partial charge in [-0.25, -0.2) is 0 Å². The second kappa shape index (κ2) is 5.86. The minimum atomic E-state index is -0.558. The summed E-state index contributed by atoms with van der Waals surface area (Å²) in [6.45, 7) is 0. The molecule has 2 aromatic carbocycles. The van der Waals surface area contributed by atoms with Crippen molar-refractivity contribution < 1.29 is 9.45 Å². The molecule has 0 N–H and O–H groups in total. The lowest BCUT2D eigenvalue weighted by atomic mass is 10.2. The zero-order chi connectivity index (χ0) is 15.7. The number of nitro groups is 1. The van der Waals surface area contributed by atoms with Gasteiger partial charge in [-0.05, 0) is 36.4 Å². The Kier molecular flexibility index (Phi) is 3.91. The molecular formula is C14H7BrClN3O3. The van der Waals surface area contributed by atoms with Gasteiger partial charge in [0.05, 0.1) is 4.92 Å². The molecule has 1 aromatic heterocycles. The van der Waals surface area contributed by atoms with Gasteiger partial charge in [0.15, 0.2) is 0 Å². The van der Waals surface area contributed by atoms with Gasteiger partial charge in [-0.3, -0.25) is 10.1 Å². The van der Waals surface area contributed by atoms with E-state index in [9.17, 15) is 10.1 Å². The van der Waals surface area contributed by atoms with Crippen molar-refractivity contribution in [2.75, 3.05) is 0 Å². The van der Waals surface area contributed by atoms with Gasteiger partial charge in [0.25, 0.3) is 11.6 Å². The van der Waals surface area contributed by atoms with Gasteiger partial charge in [0, 0.05) is 21.7 Å². The van der Waals surface area contributed by atoms with Crippen molar-refractivity contribution in [2.24, 2.45) is 0 Å². The zero-order valence-electron chi connectivity index (χ0n) is 10.9. The number of rotatable bonds is 3. The molecule has 22 heavy (non-hydrogen) atoms. The monoisotopic (exact) mass is 379 g/mol. The molecule has 3 aromatic rings. The van der Waals surface area contributed by atoms with Gasteiger partial charge in [-0.15, -0.1) is 0 Å². The van der Waals surface area contributed by atoms with E-state index in [1.165, 1.54) is 12.1 Å². The Bertz CT molecular complexity index is 849. The van der Waals surface area contributed by atoms with E-state index in [1.807, 2.05) is 24.3 Å². The highest BCUT2D eigenvalue weighted by molar-refractivity contribution is 9.10. The Hall–Kier alpha value is -2.25. The number of hydrogen-bond acceptors (Lipinski definition) is 5. The van der Waals surface area contributed by atoms with Crippen molar-refractivity contribution in [3.05, 3.63) is 62.1 Å². The minimum absolute atomic E-state index is 0.0569. The summed E-state index contributed by atoms with van der Waals surface area (Å²) in [5, 5.41) is 14.9. The summed E-state index contributed by atoms with van der Waals surface area (Å²) in [7, 11) is 0. The first-order valence-corrected chi connectivity index (χ1v) is 7.25. The molecular weight excluding hydrogens is 374 g/mol. The lowest BCUT2D eigenvalue weighted by molar-refractivity contribution is -0.384. The fraction of sp³-hybridized carbons (Fsp3) is 0. The maximum atomic E-state index is 10.9. The smallest absolute Gasteiger partial charge is 0.288 e. The second-order valence-corrected chi connectivity index (χ2v) is 5.68. The van der Waals surface area contributed by atoms with Gasteiger partial charge in [-0.1, -0.05) is 32.7 Å². The topological polar surface area (TPSA) is 82.1 Å². The third-order valence-electron chi connectivity index (χ3n) is 2.92. The Morgan fingerprint density at radius 3 is 2.50 bits per heavy atom. The summed E-state index contributed by atoms with van der Waals surface area (Å²) in [5.74, 6) is 0.595. The number of nitrogens with zero attached hydrogens (tertiary/aromatic N) is 3. The van der Waals surface area contributed by atoms with E-state index in [4.69, 9.17) is 16.1 Å². The number of benzene rings is 2. The number of nitro benzene ring substituents is 1. The standard InChI is InChI=1S/C14H7BrClN3O3/c15-10-4-1-8(2-5-10)13-17-14(22-18-13)9-3-6-11(16)12(7-9)19(20)21/h1-7H. The van der Waals surface area contributed by atoms with Gasteiger partial charge in [-0.2, -0.15) is 4.98 Å². The fourth-order valence-electron chi connectivity index (χ4n) is 1.84. The molecule has 0 amide bonds. The highest BCUT2D eigenvalue weighted by atomic mass is 79.9. The van der Waals surface area contributed by atoms with Gasteiger partial charge < -0.3 is 4.52 Å². The van der Waals surface area contributed by atoms with Crippen LogP contribution in [0.3, 0.4) is 0 Å². The molecule has 0 spiro atoms. The third kappa shape index (κ3) is 2.86. The molecule has 0 saturated heterocycles. The van der Waals surface area contributed by atoms with Crippen molar-refractivity contribution in [1.82, 2.24) is 10.1 Å². The maximum absolute atomic E-state index is 10.9. The van der Waals surface area contributed by atoms with Gasteiger partial charge in [0.1, 0.15) is 5.02 Å². The van der Waals surface area contributed by atoms with Gasteiger partial charge >= 0.3 is 0 Å². The van der Waals surface area contributed by atoms with Crippen LogP contribution in [-0.4, -0.2) is 15.1 Å². The fourth-order valence-corrected chi connectivity index (χ4v) is 2.29. The first-order chi connectivity index (χ1) is 10.5. The molecule has 0 fully saturated rings. The van der Waals surface area contributed by atoms with E-state index in [0.29, 0.717) is 11.4 Å². The highest BCUT2D eigenvalue weighted by Crippen LogP contribution is 2.30. The van der Waals surface area contributed by atoms with Crippen LogP contribution in [-0.2, 0) is 0 Å². The first-order valence-electron chi connectivity index (χ1n) is 6.08. The first kappa shape index (κ1) is 14.7. The SMILES string of the molecule is O=[N+]([O-])c1cc(-c2nc(-c3ccc(Br)cc3)no2)ccc1Cl. The van der Waals surface area contributed by atoms with Crippen molar-refractivity contribution in [2.45, 2.75) is 0 Å². The molecule has 0 unspecified atom stereocenters. The zero-order valence-corrected chi connectivity index (χ0v) is 13.2. The third-order valence-corrected chi connectivity index (χ3v) is 3.77. The van der Waals surface area contributed by atoms with Crippen LogP contribution >= 0.6 is 27.5 Å². The lowest BCUT2D eigenvalue weighted by Gasteiger charge is -1.97. The lowest BCUT2D eigenvalue weighted by Crippen LogP contribution is -1.90. The average molecular weight is 381 g/mol. The Labute approximate surface area is 138 Å². The van der Waals surface area contributed by atoms with Crippen LogP contribution in [0.4, 0.5) is 5.69 Å². The molecule has 8 heteroatoms. The Balaban J connectivity index is 1.99. The van der Waals surface area contributed by atoms with E-state index in [0.717, 1.165) is 10.0 Å². The second-order valence-electron chi connectivity index (χ2n) is 4.35. The number of halogens is 2. The van der Waals surface area contributed by atoms with E-state index in [2.05, 4.69) is 26.1 Å². The maximum Gasteiger partial charge on any atom is 0.288 e. The van der Waals surface area contributed by atoms with Crippen molar-refractivity contribution >= 4 is 33.2 Å². The molecule has 0 atom stereocenters. The molecule has 0 saturated carbocycles. The molecule has 0 bridgehead atoms. The molecule has 1 heterocycles. The minimum Gasteiger partial charge on any atom is -0.334 e. The van der Waals surface area contributed by atoms with E-state index in [1.54, 1.807) is 6.07 Å². The normalized spacial score (nSPS) is 10.6. The molecule has 0 aliphatic heterocycles. The quantitative estimate of drug-likeness (QED) is 0.484. The predicted octanol–water partition coefficient (Wildman–Crippen LogP) is 4.73. The summed E-state index contributed by atoms with van der Waals surface area (Å²) in [6, 6.07) is 11.7. The molecule has 6 nitrogen and oxygen atoms in total. The molecule has 3 rings (SSSR count). The Morgan fingerprint density at radius 1 is 1.14 bits per heavy atom. The van der Waals surface area contributed by atoms with Gasteiger partial charge in [0.2, 0.25) is 5.82 Å². The summed E-state index contributed by atoms with van der Waals surface area (Å²) in [5.41, 5.74) is 1.01. The average Bonchev–Trinajstić information content (AvgIpc) is 2.98. The van der Waals surface area contributed by atoms with Crippen molar-refractivity contribution in [3.63, 3.8) is 0 Å². The Morgan fingerprint density at radius 2 is 1.82 bits per heavy atom. The van der Waals surface area contributed by atoms with E-state index in [-0.39, 0.29) is 16.6 Å². The molecule has 0 radical (unpaired) electrons. The van der Waals surface area contributed by atoms with Crippen LogP contribution < -0.4 is 0 Å². The van der Waals surface area contributed by atoms with Crippen LogP contribution in [0.15, 0.2) is 51.5 Å². The highest BCUT2D eigenvalue weighted by Gasteiger charge is 2.17. The van der Waals surface area contributed by atoms with Crippen LogP contribution in [0.25, 0.3) is 22.8 Å². The van der Waals surface area contributed by atoms with Crippen LogP contribution in [0, 0.1) is 10.1 Å². The van der Waals surface area contributed by atoms with Crippen LogP contribution in [0.2, 0.25) is 5.02 Å². The summed E-state index contributed by atoms with van der Waals surface area (Å²) >= 11 is 9.13. The van der Waals surface area contributed by atoms with Crippen molar-refractivity contribution in [1.29, 1.82) is 0 Å².